The van der Waals surface area contributed by atoms with Crippen molar-refractivity contribution in [1.29, 1.82) is 0 Å². The molecule has 0 amide bonds. The van der Waals surface area contributed by atoms with Crippen molar-refractivity contribution in [1.82, 2.24) is 4.98 Å². The van der Waals surface area contributed by atoms with Gasteiger partial charge in [-0.25, -0.2) is 9.37 Å². The van der Waals surface area contributed by atoms with Crippen molar-refractivity contribution < 1.29 is 9.13 Å². The average Bonchev–Trinajstić information content (AvgIpc) is 2.54. The quantitative estimate of drug-likeness (QED) is 0.857. The van der Waals surface area contributed by atoms with E-state index in [-0.39, 0.29) is 5.02 Å². The minimum Gasteiger partial charge on any atom is -0.378 e. The van der Waals surface area contributed by atoms with Crippen molar-refractivity contribution in [2.75, 3.05) is 36.5 Å². The third-order valence-electron chi connectivity index (χ3n) is 3.38. The van der Waals surface area contributed by atoms with Crippen LogP contribution in [-0.4, -0.2) is 31.3 Å². The highest BCUT2D eigenvalue weighted by atomic mass is 79.9. The highest BCUT2D eigenvalue weighted by molar-refractivity contribution is 9.10. The molecule has 4 nitrogen and oxygen atoms in total. The number of halogens is 3. The van der Waals surface area contributed by atoms with E-state index >= 15 is 0 Å². The number of pyridine rings is 1. The molecule has 2 heterocycles. The van der Waals surface area contributed by atoms with Crippen LogP contribution in [0.1, 0.15) is 0 Å². The predicted octanol–water partition coefficient (Wildman–Crippen LogP) is 4.22. The number of morpholine rings is 1. The van der Waals surface area contributed by atoms with Crippen LogP contribution in [-0.2, 0) is 4.74 Å². The Hall–Kier alpha value is -1.37. The lowest BCUT2D eigenvalue weighted by Crippen LogP contribution is -2.36. The summed E-state index contributed by atoms with van der Waals surface area (Å²) < 4.78 is 19.5. The van der Waals surface area contributed by atoms with Crippen LogP contribution in [0.3, 0.4) is 0 Å². The molecule has 1 aliphatic heterocycles. The van der Waals surface area contributed by atoms with Crippen molar-refractivity contribution in [3.8, 4) is 0 Å². The maximum absolute atomic E-state index is 13.2. The molecule has 1 fully saturated rings. The fraction of sp³-hybridized carbons (Fsp3) is 0.267. The number of hydrogen-bond donors (Lipinski definition) is 1. The Morgan fingerprint density at radius 3 is 2.77 bits per heavy atom. The van der Waals surface area contributed by atoms with Gasteiger partial charge in [-0.2, -0.15) is 0 Å². The molecule has 0 saturated carbocycles. The Kier molecular flexibility index (Phi) is 4.81. The van der Waals surface area contributed by atoms with Crippen LogP contribution in [0.15, 0.2) is 34.9 Å². The maximum Gasteiger partial charge on any atom is 0.141 e. The van der Waals surface area contributed by atoms with Gasteiger partial charge in [0.15, 0.2) is 0 Å². The summed E-state index contributed by atoms with van der Waals surface area (Å²) in [5.74, 6) is 0.234. The summed E-state index contributed by atoms with van der Waals surface area (Å²) in [6.45, 7) is 3.10. The number of rotatable bonds is 3. The highest BCUT2D eigenvalue weighted by Gasteiger charge is 2.15. The minimum atomic E-state index is -0.440. The molecule has 22 heavy (non-hydrogen) atoms. The van der Waals surface area contributed by atoms with Gasteiger partial charge in [0.25, 0.3) is 0 Å². The molecule has 0 aliphatic carbocycles. The van der Waals surface area contributed by atoms with Gasteiger partial charge in [0.1, 0.15) is 11.6 Å². The fourth-order valence-corrected chi connectivity index (χ4v) is 2.91. The summed E-state index contributed by atoms with van der Waals surface area (Å²) in [5.41, 5.74) is 1.74. The van der Waals surface area contributed by atoms with E-state index < -0.39 is 5.82 Å². The minimum absolute atomic E-state index is 0.0792. The lowest BCUT2D eigenvalue weighted by atomic mass is 10.3. The Labute approximate surface area is 141 Å². The van der Waals surface area contributed by atoms with Gasteiger partial charge in [-0.1, -0.05) is 11.6 Å². The molecule has 1 aromatic carbocycles. The molecule has 1 N–H and O–H groups in total. The van der Waals surface area contributed by atoms with E-state index in [1.165, 1.54) is 12.1 Å². The van der Waals surface area contributed by atoms with Crippen molar-refractivity contribution in [2.24, 2.45) is 0 Å². The number of anilines is 3. The standard InChI is InChI=1S/C15H14BrClFN3O/c16-11-9-19-15(8-14(11)21-3-5-22-6-4-21)20-10-1-2-13(18)12(17)7-10/h1-2,7-9H,3-6H2,(H,19,20). The van der Waals surface area contributed by atoms with Gasteiger partial charge in [0.2, 0.25) is 0 Å². The van der Waals surface area contributed by atoms with Crippen LogP contribution in [0.2, 0.25) is 5.02 Å². The van der Waals surface area contributed by atoms with Crippen LogP contribution in [0, 0.1) is 5.82 Å². The summed E-state index contributed by atoms with van der Waals surface area (Å²) in [6, 6.07) is 6.44. The molecule has 0 spiro atoms. The van der Waals surface area contributed by atoms with Gasteiger partial charge in [-0.3, -0.25) is 0 Å². The second-order valence-electron chi connectivity index (χ2n) is 4.87. The van der Waals surface area contributed by atoms with Crippen LogP contribution >= 0.6 is 27.5 Å². The summed E-state index contributed by atoms with van der Waals surface area (Å²) in [4.78, 5) is 6.56. The van der Waals surface area contributed by atoms with Gasteiger partial charge in [-0.15, -0.1) is 0 Å². The molecule has 1 saturated heterocycles. The Balaban J connectivity index is 1.83. The molecular weight excluding hydrogens is 373 g/mol. The zero-order valence-electron chi connectivity index (χ0n) is 11.7. The number of ether oxygens (including phenoxy) is 1. The van der Waals surface area contributed by atoms with E-state index in [9.17, 15) is 4.39 Å². The van der Waals surface area contributed by atoms with Crippen LogP contribution in [0.4, 0.5) is 21.6 Å². The van der Waals surface area contributed by atoms with E-state index in [1.807, 2.05) is 6.07 Å². The van der Waals surface area contributed by atoms with Crippen LogP contribution in [0.5, 0.6) is 0 Å². The first-order valence-corrected chi connectivity index (χ1v) is 8.01. The SMILES string of the molecule is Fc1ccc(Nc2cc(N3CCOCC3)c(Br)cn2)cc1Cl. The molecule has 3 rings (SSSR count). The van der Waals surface area contributed by atoms with Gasteiger partial charge < -0.3 is 15.0 Å². The molecule has 0 radical (unpaired) electrons. The van der Waals surface area contributed by atoms with Crippen molar-refractivity contribution in [2.45, 2.75) is 0 Å². The van der Waals surface area contributed by atoms with E-state index in [0.29, 0.717) is 24.7 Å². The summed E-state index contributed by atoms with van der Waals surface area (Å²) in [5, 5.41) is 3.22. The number of aromatic nitrogens is 1. The Morgan fingerprint density at radius 2 is 2.05 bits per heavy atom. The lowest BCUT2D eigenvalue weighted by molar-refractivity contribution is 0.122. The van der Waals surface area contributed by atoms with E-state index in [4.69, 9.17) is 16.3 Å². The maximum atomic E-state index is 13.2. The molecule has 1 aromatic heterocycles. The first kappa shape index (κ1) is 15.5. The van der Waals surface area contributed by atoms with E-state index in [1.54, 1.807) is 12.3 Å². The van der Waals surface area contributed by atoms with Gasteiger partial charge in [0, 0.05) is 31.0 Å². The number of benzene rings is 1. The number of hydrogen-bond acceptors (Lipinski definition) is 4. The highest BCUT2D eigenvalue weighted by Crippen LogP contribution is 2.30. The molecule has 1 aliphatic rings. The van der Waals surface area contributed by atoms with Crippen LogP contribution in [0.25, 0.3) is 0 Å². The first-order chi connectivity index (χ1) is 10.6. The second kappa shape index (κ2) is 6.81. The van der Waals surface area contributed by atoms with Crippen molar-refractivity contribution in [3.05, 3.63) is 45.8 Å². The molecule has 0 atom stereocenters. The zero-order chi connectivity index (χ0) is 15.5. The average molecular weight is 387 g/mol. The first-order valence-electron chi connectivity index (χ1n) is 6.84. The fourth-order valence-electron chi connectivity index (χ4n) is 2.26. The third-order valence-corrected chi connectivity index (χ3v) is 4.28. The van der Waals surface area contributed by atoms with Gasteiger partial charge in [-0.05, 0) is 34.1 Å². The Morgan fingerprint density at radius 1 is 1.27 bits per heavy atom. The predicted molar refractivity (Wildman–Crippen MR) is 89.7 cm³/mol. The van der Waals surface area contributed by atoms with Crippen molar-refractivity contribution in [3.63, 3.8) is 0 Å². The number of nitrogens with zero attached hydrogens (tertiary/aromatic N) is 2. The summed E-state index contributed by atoms with van der Waals surface area (Å²) >= 11 is 9.32. The summed E-state index contributed by atoms with van der Waals surface area (Å²) in [6.07, 6.45) is 1.75. The molecule has 0 bridgehead atoms. The van der Waals surface area contributed by atoms with Crippen LogP contribution < -0.4 is 10.2 Å². The summed E-state index contributed by atoms with van der Waals surface area (Å²) in [7, 11) is 0. The zero-order valence-corrected chi connectivity index (χ0v) is 14.0. The molecule has 0 unspecified atom stereocenters. The lowest BCUT2D eigenvalue weighted by Gasteiger charge is -2.29. The van der Waals surface area contributed by atoms with Gasteiger partial charge >= 0.3 is 0 Å². The topological polar surface area (TPSA) is 37.4 Å². The molecule has 2 aromatic rings. The monoisotopic (exact) mass is 385 g/mol. The molecule has 7 heteroatoms. The number of nitrogens with one attached hydrogen (secondary N) is 1. The second-order valence-corrected chi connectivity index (χ2v) is 6.14. The van der Waals surface area contributed by atoms with E-state index in [0.717, 1.165) is 23.2 Å². The molecular formula is C15H14BrClFN3O. The van der Waals surface area contributed by atoms with Gasteiger partial charge in [0.05, 0.1) is 28.4 Å². The van der Waals surface area contributed by atoms with E-state index in [2.05, 4.69) is 31.1 Å². The van der Waals surface area contributed by atoms with Crippen molar-refractivity contribution >= 4 is 44.7 Å². The molecule has 116 valence electrons. The largest absolute Gasteiger partial charge is 0.378 e. The Bertz CT molecular complexity index is 680. The smallest absolute Gasteiger partial charge is 0.141 e. The third kappa shape index (κ3) is 3.51. The normalized spacial score (nSPS) is 15.0.